The maximum atomic E-state index is 5.98. The van der Waals surface area contributed by atoms with Gasteiger partial charge < -0.3 is 9.64 Å². The van der Waals surface area contributed by atoms with Crippen molar-refractivity contribution in [2.75, 3.05) is 12.4 Å². The number of unbranched alkanes of at least 4 members (excludes halogenated alkanes) is 1. The third-order valence-corrected chi connectivity index (χ3v) is 14.7. The van der Waals surface area contributed by atoms with Gasteiger partial charge in [0.15, 0.2) is 0 Å². The van der Waals surface area contributed by atoms with Crippen molar-refractivity contribution in [3.8, 4) is 5.75 Å². The highest BCUT2D eigenvalue weighted by atomic mass is 32.2. The van der Waals surface area contributed by atoms with Crippen molar-refractivity contribution in [1.82, 2.24) is 4.90 Å². The van der Waals surface area contributed by atoms with Crippen molar-refractivity contribution in [2.24, 2.45) is 0 Å². The Hall–Kier alpha value is -0.566. The van der Waals surface area contributed by atoms with Crippen LogP contribution in [0.5, 0.6) is 5.75 Å². The van der Waals surface area contributed by atoms with E-state index in [9.17, 15) is 0 Å². The van der Waals surface area contributed by atoms with Crippen molar-refractivity contribution >= 4 is 50.5 Å². The fourth-order valence-corrected chi connectivity index (χ4v) is 16.0. The molecule has 0 amide bonds. The summed E-state index contributed by atoms with van der Waals surface area (Å²) in [5, 5.41) is 0. The maximum absolute atomic E-state index is 5.98. The summed E-state index contributed by atoms with van der Waals surface area (Å²) in [6.45, 7) is 24.4. The lowest BCUT2D eigenvalue weighted by Crippen LogP contribution is -2.39. The number of thiocarbonyl (C=S) groups is 1. The predicted molar refractivity (Wildman–Crippen MR) is 153 cm³/mol. The zero-order chi connectivity index (χ0) is 23.8. The summed E-state index contributed by atoms with van der Waals surface area (Å²) in [5.41, 5.74) is 1.30. The van der Waals surface area contributed by atoms with E-state index in [0.717, 1.165) is 35.3 Å². The van der Waals surface area contributed by atoms with Crippen molar-refractivity contribution < 1.29 is 4.74 Å². The van der Waals surface area contributed by atoms with E-state index in [1.54, 1.807) is 16.6 Å². The van der Waals surface area contributed by atoms with E-state index in [0.29, 0.717) is 12.1 Å². The van der Waals surface area contributed by atoms with Crippen LogP contribution in [0.1, 0.15) is 46.1 Å². The van der Waals surface area contributed by atoms with Crippen molar-refractivity contribution in [2.45, 2.75) is 91.9 Å². The smallest absolute Gasteiger partial charge is 0.136 e. The molecule has 1 rings (SSSR count). The number of nitrogens with zero attached hydrogens (tertiary/aromatic N) is 1. The number of hydrogen-bond donors (Lipinski definition) is 0. The molecule has 2 nitrogen and oxygen atoms in total. The summed E-state index contributed by atoms with van der Waals surface area (Å²) in [7, 11) is -2.61. The van der Waals surface area contributed by atoms with E-state index >= 15 is 0 Å². The molecule has 0 heterocycles. The first-order valence-electron chi connectivity index (χ1n) is 11.6. The lowest BCUT2D eigenvalue weighted by atomic mass is 10.2. The Bertz CT molecular complexity index is 693. The minimum atomic E-state index is -1.30. The monoisotopic (exact) mass is 495 g/mol. The van der Waals surface area contributed by atoms with Gasteiger partial charge in [0.2, 0.25) is 0 Å². The number of hydrogen-bond acceptors (Lipinski definition) is 3. The molecule has 0 N–H and O–H groups in total. The van der Waals surface area contributed by atoms with Crippen LogP contribution in [0.3, 0.4) is 0 Å². The van der Waals surface area contributed by atoms with Crippen molar-refractivity contribution in [1.29, 1.82) is 0 Å². The van der Waals surface area contributed by atoms with E-state index in [-0.39, 0.29) is 0 Å². The van der Waals surface area contributed by atoms with Crippen molar-refractivity contribution in [3.05, 3.63) is 34.6 Å². The lowest BCUT2D eigenvalue weighted by molar-refractivity contribution is 0.302. The second-order valence-corrected chi connectivity index (χ2v) is 23.2. The Kier molecular flexibility index (Phi) is 11.6. The summed E-state index contributed by atoms with van der Waals surface area (Å²) in [6, 6.07) is 9.55. The molecule has 0 saturated carbocycles. The van der Waals surface area contributed by atoms with E-state index in [2.05, 4.69) is 102 Å². The molecule has 0 radical (unpaired) electrons. The number of benzene rings is 1. The fourth-order valence-electron chi connectivity index (χ4n) is 4.03. The summed E-state index contributed by atoms with van der Waals surface area (Å²) in [6.07, 6.45) is 4.63. The first kappa shape index (κ1) is 28.5. The Morgan fingerprint density at radius 1 is 0.935 bits per heavy atom. The van der Waals surface area contributed by atoms with Crippen LogP contribution in [-0.2, 0) is 0 Å². The van der Waals surface area contributed by atoms with Gasteiger partial charge in [-0.2, -0.15) is 0 Å². The van der Waals surface area contributed by atoms with Gasteiger partial charge >= 0.3 is 0 Å². The standard InChI is InChI=1S/C25H45NOS2Si2/c1-20(2)26(21(3)4)25(28)29-18-12-11-17-27-23-15-13-22(14-16-23)19-24(30(5,6)7)31(8,9)10/h13-16,19-21H,11-12,17-18H2,1-10H3. The highest BCUT2D eigenvalue weighted by molar-refractivity contribution is 8.22. The minimum absolute atomic E-state index is 0.453. The van der Waals surface area contributed by atoms with Crippen LogP contribution in [0, 0.1) is 0 Å². The molecule has 0 aliphatic heterocycles. The van der Waals surface area contributed by atoms with E-state index in [4.69, 9.17) is 17.0 Å². The van der Waals surface area contributed by atoms with Gasteiger partial charge in [-0.25, -0.2) is 0 Å². The fraction of sp³-hybridized carbons (Fsp3) is 0.640. The van der Waals surface area contributed by atoms with Crippen LogP contribution < -0.4 is 4.74 Å². The van der Waals surface area contributed by atoms with Crippen LogP contribution in [0.2, 0.25) is 39.3 Å². The molecule has 0 spiro atoms. The van der Waals surface area contributed by atoms with Gasteiger partial charge in [0.05, 0.1) is 22.8 Å². The van der Waals surface area contributed by atoms with Crippen LogP contribution in [0.4, 0.5) is 0 Å². The zero-order valence-corrected chi connectivity index (χ0v) is 25.2. The molecule has 0 aromatic heterocycles. The van der Waals surface area contributed by atoms with Gasteiger partial charge in [-0.3, -0.25) is 0 Å². The highest BCUT2D eigenvalue weighted by Gasteiger charge is 2.30. The first-order chi connectivity index (χ1) is 14.2. The Labute approximate surface area is 204 Å². The molecular formula is C25H45NOS2Si2. The van der Waals surface area contributed by atoms with Gasteiger partial charge in [-0.15, -0.1) is 0 Å². The van der Waals surface area contributed by atoms with Gasteiger partial charge in [0.1, 0.15) is 10.1 Å². The highest BCUT2D eigenvalue weighted by Crippen LogP contribution is 2.28. The number of rotatable bonds is 11. The average molecular weight is 496 g/mol. The second-order valence-electron chi connectivity index (χ2n) is 10.9. The zero-order valence-electron chi connectivity index (χ0n) is 21.5. The van der Waals surface area contributed by atoms with Gasteiger partial charge in [0.25, 0.3) is 0 Å². The van der Waals surface area contributed by atoms with Gasteiger partial charge in [0, 0.05) is 17.8 Å². The molecule has 31 heavy (non-hydrogen) atoms. The number of ether oxygens (including phenoxy) is 1. The molecule has 0 bridgehead atoms. The summed E-state index contributed by atoms with van der Waals surface area (Å²) in [5.74, 6) is 2.02. The van der Waals surface area contributed by atoms with E-state index in [1.165, 1.54) is 5.56 Å². The minimum Gasteiger partial charge on any atom is -0.494 e. The average Bonchev–Trinajstić information content (AvgIpc) is 2.61. The predicted octanol–water partition coefficient (Wildman–Crippen LogP) is 8.12. The molecule has 0 unspecified atom stereocenters. The molecule has 0 fully saturated rings. The summed E-state index contributed by atoms with van der Waals surface area (Å²) >= 11 is 7.43. The molecular weight excluding hydrogens is 451 g/mol. The Morgan fingerprint density at radius 2 is 1.45 bits per heavy atom. The van der Waals surface area contributed by atoms with Crippen LogP contribution in [-0.4, -0.2) is 49.8 Å². The third-order valence-electron chi connectivity index (χ3n) is 5.16. The molecule has 0 atom stereocenters. The normalized spacial score (nSPS) is 12.3. The Morgan fingerprint density at radius 3 is 1.90 bits per heavy atom. The first-order valence-corrected chi connectivity index (χ1v) is 20.0. The van der Waals surface area contributed by atoms with Crippen molar-refractivity contribution in [3.63, 3.8) is 0 Å². The topological polar surface area (TPSA) is 12.5 Å². The van der Waals surface area contributed by atoms with Crippen LogP contribution in [0.25, 0.3) is 6.08 Å². The molecule has 0 aliphatic carbocycles. The molecule has 0 saturated heterocycles. The van der Waals surface area contributed by atoms with Gasteiger partial charge in [-0.1, -0.05) is 86.3 Å². The molecule has 176 valence electrons. The van der Waals surface area contributed by atoms with E-state index in [1.807, 2.05) is 0 Å². The van der Waals surface area contributed by atoms with Crippen LogP contribution in [0.15, 0.2) is 29.1 Å². The molecule has 1 aromatic carbocycles. The lowest BCUT2D eigenvalue weighted by Gasteiger charge is -2.32. The SMILES string of the molecule is CC(C)N(C(=S)SCCCCOc1ccc(C=C([Si](C)(C)C)[Si](C)(C)C)cc1)C(C)C. The summed E-state index contributed by atoms with van der Waals surface area (Å²) in [4.78, 5) is 4.06. The van der Waals surface area contributed by atoms with E-state index < -0.39 is 16.1 Å². The maximum Gasteiger partial charge on any atom is 0.136 e. The van der Waals surface area contributed by atoms with Crippen LogP contribution >= 0.6 is 24.0 Å². The number of thioether (sulfide) groups is 1. The molecule has 0 aliphatic rings. The Balaban J connectivity index is 2.48. The van der Waals surface area contributed by atoms with Gasteiger partial charge in [-0.05, 0) is 58.2 Å². The molecule has 6 heteroatoms. The third kappa shape index (κ3) is 10.3. The summed E-state index contributed by atoms with van der Waals surface area (Å²) < 4.78 is 6.99. The second kappa shape index (κ2) is 12.6. The largest absolute Gasteiger partial charge is 0.494 e. The molecule has 1 aromatic rings. The quantitative estimate of drug-likeness (QED) is 0.174.